The van der Waals surface area contributed by atoms with E-state index in [1.165, 1.54) is 11.8 Å². The van der Waals surface area contributed by atoms with Gasteiger partial charge in [0.1, 0.15) is 17.2 Å². The summed E-state index contributed by atoms with van der Waals surface area (Å²) in [6.45, 7) is 5.42. The van der Waals surface area contributed by atoms with Crippen LogP contribution >= 0.6 is 11.8 Å². The Morgan fingerprint density at radius 1 is 1.00 bits per heavy atom. The molecular formula is C29H26N4O3S. The highest BCUT2D eigenvalue weighted by atomic mass is 32.2. The molecule has 37 heavy (non-hydrogen) atoms. The number of anilines is 1. The molecule has 186 valence electrons. The van der Waals surface area contributed by atoms with Crippen LogP contribution in [-0.4, -0.2) is 21.7 Å². The molecule has 0 aliphatic heterocycles. The number of thioether (sulfide) groups is 1. The number of ether oxygens (including phenoxy) is 1. The molecule has 4 rings (SSSR count). The van der Waals surface area contributed by atoms with Crippen molar-refractivity contribution in [2.75, 3.05) is 5.32 Å². The molecule has 0 atom stereocenters. The number of nitrogens with zero attached hydrogens (tertiary/aromatic N) is 2. The molecule has 1 amide bonds. The molecule has 0 radical (unpaired) electrons. The average Bonchev–Trinajstić information content (AvgIpc) is 2.87. The largest absolute Gasteiger partial charge is 0.444 e. The van der Waals surface area contributed by atoms with Gasteiger partial charge in [-0.15, -0.1) is 0 Å². The molecule has 0 spiro atoms. The lowest BCUT2D eigenvalue weighted by Gasteiger charge is -2.19. The zero-order valence-corrected chi connectivity index (χ0v) is 21.6. The van der Waals surface area contributed by atoms with Crippen molar-refractivity contribution in [1.82, 2.24) is 9.97 Å². The van der Waals surface area contributed by atoms with Crippen molar-refractivity contribution in [3.63, 3.8) is 0 Å². The van der Waals surface area contributed by atoms with E-state index in [1.807, 2.05) is 99.6 Å². The van der Waals surface area contributed by atoms with Crippen LogP contribution in [0, 0.1) is 11.3 Å². The fourth-order valence-corrected chi connectivity index (χ4v) is 4.39. The van der Waals surface area contributed by atoms with Crippen LogP contribution in [0.4, 0.5) is 10.5 Å². The summed E-state index contributed by atoms with van der Waals surface area (Å²) in [4.78, 5) is 32.0. The highest BCUT2D eigenvalue weighted by molar-refractivity contribution is 7.98. The topological polar surface area (TPSA) is 108 Å². The van der Waals surface area contributed by atoms with Gasteiger partial charge in [-0.2, -0.15) is 5.26 Å². The molecule has 7 nitrogen and oxygen atoms in total. The lowest BCUT2D eigenvalue weighted by Crippen LogP contribution is -2.27. The monoisotopic (exact) mass is 510 g/mol. The van der Waals surface area contributed by atoms with Crippen molar-refractivity contribution in [1.29, 1.82) is 5.26 Å². The molecule has 1 heterocycles. The SMILES string of the molecule is CC(C)(C)OC(=O)Nc1cccc(-c2ccc(-c3nc(SCc4ccccc4)[nH]c(=O)c3C#N)cc2)c1. The maximum absolute atomic E-state index is 12.6. The quantitative estimate of drug-likeness (QED) is 0.223. The minimum atomic E-state index is -0.590. The van der Waals surface area contributed by atoms with Gasteiger partial charge in [0, 0.05) is 17.0 Å². The second kappa shape index (κ2) is 11.1. The Kier molecular flexibility index (Phi) is 7.75. The predicted molar refractivity (Wildman–Crippen MR) is 146 cm³/mol. The number of H-pyrrole nitrogens is 1. The van der Waals surface area contributed by atoms with Gasteiger partial charge in [-0.05, 0) is 49.6 Å². The molecule has 0 unspecified atom stereocenters. The zero-order chi connectivity index (χ0) is 26.4. The van der Waals surface area contributed by atoms with Crippen LogP contribution in [0.1, 0.15) is 31.9 Å². The fraction of sp³-hybridized carbons (Fsp3) is 0.172. The van der Waals surface area contributed by atoms with Crippen molar-refractivity contribution in [3.05, 3.63) is 100 Å². The number of benzene rings is 3. The van der Waals surface area contributed by atoms with Crippen molar-refractivity contribution in [2.45, 2.75) is 37.3 Å². The van der Waals surface area contributed by atoms with Gasteiger partial charge < -0.3 is 9.72 Å². The lowest BCUT2D eigenvalue weighted by atomic mass is 10.0. The molecule has 0 bridgehead atoms. The summed E-state index contributed by atoms with van der Waals surface area (Å²) in [5.41, 5.74) is 3.43. The number of nitriles is 1. The molecule has 0 saturated heterocycles. The van der Waals surface area contributed by atoms with Crippen LogP contribution in [0.5, 0.6) is 0 Å². The van der Waals surface area contributed by atoms with Crippen LogP contribution in [0.2, 0.25) is 0 Å². The zero-order valence-electron chi connectivity index (χ0n) is 20.7. The van der Waals surface area contributed by atoms with E-state index in [0.717, 1.165) is 16.7 Å². The molecular weight excluding hydrogens is 484 g/mol. The number of aromatic nitrogens is 2. The lowest BCUT2D eigenvalue weighted by molar-refractivity contribution is 0.0636. The maximum atomic E-state index is 12.6. The van der Waals surface area contributed by atoms with Crippen molar-refractivity contribution in [2.24, 2.45) is 0 Å². The van der Waals surface area contributed by atoms with Crippen LogP contribution in [0.15, 0.2) is 88.8 Å². The minimum Gasteiger partial charge on any atom is -0.444 e. The van der Waals surface area contributed by atoms with Gasteiger partial charge in [0.05, 0.1) is 5.69 Å². The van der Waals surface area contributed by atoms with Gasteiger partial charge in [-0.3, -0.25) is 10.1 Å². The van der Waals surface area contributed by atoms with Crippen LogP contribution in [-0.2, 0) is 10.5 Å². The molecule has 3 aromatic carbocycles. The summed E-state index contributed by atoms with van der Waals surface area (Å²) >= 11 is 1.40. The summed E-state index contributed by atoms with van der Waals surface area (Å²) in [7, 11) is 0. The third-order valence-corrected chi connectivity index (χ3v) is 6.17. The van der Waals surface area contributed by atoms with Crippen LogP contribution in [0.3, 0.4) is 0 Å². The fourth-order valence-electron chi connectivity index (χ4n) is 3.58. The minimum absolute atomic E-state index is 0.0274. The molecule has 4 aromatic rings. The van der Waals surface area contributed by atoms with Crippen molar-refractivity contribution >= 4 is 23.5 Å². The molecule has 0 saturated carbocycles. The average molecular weight is 511 g/mol. The van der Waals surface area contributed by atoms with Crippen molar-refractivity contribution in [3.8, 4) is 28.5 Å². The van der Waals surface area contributed by atoms with Gasteiger partial charge in [0.15, 0.2) is 5.16 Å². The van der Waals surface area contributed by atoms with Crippen LogP contribution < -0.4 is 10.9 Å². The molecule has 8 heteroatoms. The van der Waals surface area contributed by atoms with Gasteiger partial charge in [-0.1, -0.05) is 78.5 Å². The van der Waals surface area contributed by atoms with Gasteiger partial charge in [0.25, 0.3) is 5.56 Å². The third kappa shape index (κ3) is 6.87. The van der Waals surface area contributed by atoms with E-state index < -0.39 is 17.3 Å². The molecule has 2 N–H and O–H groups in total. The smallest absolute Gasteiger partial charge is 0.412 e. The van der Waals surface area contributed by atoms with Crippen molar-refractivity contribution < 1.29 is 9.53 Å². The Balaban J connectivity index is 1.56. The number of carbonyl (C=O) groups excluding carboxylic acids is 1. The Labute approximate surface area is 219 Å². The Morgan fingerprint density at radius 3 is 2.38 bits per heavy atom. The van der Waals surface area contributed by atoms with E-state index >= 15 is 0 Å². The Morgan fingerprint density at radius 2 is 1.70 bits per heavy atom. The molecule has 0 aliphatic rings. The highest BCUT2D eigenvalue weighted by Crippen LogP contribution is 2.28. The van der Waals surface area contributed by atoms with E-state index in [2.05, 4.69) is 15.3 Å². The second-order valence-corrected chi connectivity index (χ2v) is 10.2. The van der Waals surface area contributed by atoms with Gasteiger partial charge in [0.2, 0.25) is 0 Å². The van der Waals surface area contributed by atoms with Gasteiger partial charge in [-0.25, -0.2) is 9.78 Å². The number of nitrogens with one attached hydrogen (secondary N) is 2. The predicted octanol–water partition coefficient (Wildman–Crippen LogP) is 6.61. The molecule has 1 aromatic heterocycles. The number of carbonyl (C=O) groups is 1. The first-order valence-electron chi connectivity index (χ1n) is 11.6. The summed E-state index contributed by atoms with van der Waals surface area (Å²) in [5, 5.41) is 12.8. The number of amides is 1. The van der Waals surface area contributed by atoms with E-state index in [1.54, 1.807) is 6.07 Å². The first-order chi connectivity index (χ1) is 17.7. The summed E-state index contributed by atoms with van der Waals surface area (Å²) in [5.74, 6) is 0.641. The molecule has 0 fully saturated rings. The normalized spacial score (nSPS) is 11.0. The van der Waals surface area contributed by atoms with E-state index in [9.17, 15) is 14.9 Å². The highest BCUT2D eigenvalue weighted by Gasteiger charge is 2.17. The maximum Gasteiger partial charge on any atom is 0.412 e. The third-order valence-electron chi connectivity index (χ3n) is 5.23. The number of aromatic amines is 1. The number of hydrogen-bond donors (Lipinski definition) is 2. The Bertz CT molecular complexity index is 1500. The van der Waals surface area contributed by atoms with E-state index in [0.29, 0.717) is 27.9 Å². The first kappa shape index (κ1) is 25.7. The Hall–Kier alpha value is -4.35. The molecule has 0 aliphatic carbocycles. The standard InChI is InChI=1S/C29H26N4O3S/c1-29(2,3)36-28(35)31-23-11-7-10-22(16-23)20-12-14-21(15-13-20)25-24(17-30)26(34)33-27(32-25)37-18-19-8-5-4-6-9-19/h4-16H,18H2,1-3H3,(H,31,35)(H,32,33,34). The van der Waals surface area contributed by atoms with E-state index in [4.69, 9.17) is 4.74 Å². The van der Waals surface area contributed by atoms with Crippen LogP contribution in [0.25, 0.3) is 22.4 Å². The summed E-state index contributed by atoms with van der Waals surface area (Å²) in [6, 6.07) is 26.7. The first-order valence-corrected chi connectivity index (χ1v) is 12.6. The number of hydrogen-bond acceptors (Lipinski definition) is 6. The number of rotatable bonds is 6. The second-order valence-electron chi connectivity index (χ2n) is 9.27. The van der Waals surface area contributed by atoms with E-state index in [-0.39, 0.29) is 5.56 Å². The summed E-state index contributed by atoms with van der Waals surface area (Å²) in [6.07, 6.45) is -0.523. The van der Waals surface area contributed by atoms with Gasteiger partial charge >= 0.3 is 6.09 Å². The summed E-state index contributed by atoms with van der Waals surface area (Å²) < 4.78 is 5.32.